The predicted molar refractivity (Wildman–Crippen MR) is 130 cm³/mol. The second kappa shape index (κ2) is 10.5. The Labute approximate surface area is 189 Å². The van der Waals surface area contributed by atoms with Crippen molar-refractivity contribution in [2.45, 2.75) is 33.2 Å². The molecule has 0 radical (unpaired) electrons. The van der Waals surface area contributed by atoms with E-state index in [1.807, 2.05) is 0 Å². The van der Waals surface area contributed by atoms with Gasteiger partial charge in [-0.05, 0) is 38.8 Å². The summed E-state index contributed by atoms with van der Waals surface area (Å²) in [7, 11) is 0. The third-order valence-corrected chi connectivity index (χ3v) is 7.00. The van der Waals surface area contributed by atoms with Gasteiger partial charge in [0.2, 0.25) is 0 Å². The molecule has 3 heterocycles. The van der Waals surface area contributed by atoms with Crippen molar-refractivity contribution in [3.8, 4) is 0 Å². The fourth-order valence-electron chi connectivity index (χ4n) is 4.38. The normalized spacial score (nSPS) is 19.8. The lowest BCUT2D eigenvalue weighted by molar-refractivity contribution is 0.0377. The average Bonchev–Trinajstić information content (AvgIpc) is 3.11. The lowest BCUT2D eigenvalue weighted by Crippen LogP contribution is -2.37. The predicted octanol–water partition coefficient (Wildman–Crippen LogP) is 3.83. The maximum Gasteiger partial charge on any atom is 0.177 e. The molecule has 2 aliphatic heterocycles. The first kappa shape index (κ1) is 22.1. The van der Waals surface area contributed by atoms with E-state index in [4.69, 9.17) is 9.73 Å². The van der Waals surface area contributed by atoms with E-state index < -0.39 is 0 Å². The molecule has 166 valence electrons. The van der Waals surface area contributed by atoms with Crippen LogP contribution in [0, 0.1) is 13.8 Å². The summed E-state index contributed by atoms with van der Waals surface area (Å²) in [6, 6.07) is 13.2. The standard InChI is InChI=1S/C24H33N5OS/c1-18-16-22(20(3)29(18)19(2)21-8-5-4-6-9-21)23-17-31-24(27-26-23)25-10-7-11-28-12-14-30-15-13-28/h4-6,8-9,16,19H,7,10-15,17H2,1-3H3,(H,25,27). The number of hydrogen-bond acceptors (Lipinski definition) is 5. The van der Waals surface area contributed by atoms with Gasteiger partial charge < -0.3 is 9.30 Å². The monoisotopic (exact) mass is 439 g/mol. The van der Waals surface area contributed by atoms with Crippen LogP contribution in [0.25, 0.3) is 0 Å². The molecule has 0 amide bonds. The highest BCUT2D eigenvalue weighted by molar-refractivity contribution is 8.14. The topological polar surface area (TPSA) is 54.1 Å². The average molecular weight is 440 g/mol. The van der Waals surface area contributed by atoms with Gasteiger partial charge in [-0.2, -0.15) is 5.10 Å². The van der Waals surface area contributed by atoms with E-state index in [1.54, 1.807) is 11.8 Å². The van der Waals surface area contributed by atoms with Crippen molar-refractivity contribution >= 4 is 22.6 Å². The molecule has 1 N–H and O–H groups in total. The van der Waals surface area contributed by atoms with Gasteiger partial charge in [0.25, 0.3) is 0 Å². The number of amidine groups is 1. The SMILES string of the molecule is Cc1cc(C2=NNC(=NCCCN3CCOCC3)SC2)c(C)n1C(C)c1ccccc1. The molecule has 1 fully saturated rings. The van der Waals surface area contributed by atoms with Crippen LogP contribution in [-0.4, -0.2) is 65.5 Å². The Balaban J connectivity index is 1.37. The Hall–Kier alpha value is -2.09. The van der Waals surface area contributed by atoms with Gasteiger partial charge in [0, 0.05) is 48.9 Å². The molecule has 31 heavy (non-hydrogen) atoms. The zero-order chi connectivity index (χ0) is 21.6. The summed E-state index contributed by atoms with van der Waals surface area (Å²) in [6.07, 6.45) is 1.07. The van der Waals surface area contributed by atoms with Crippen LogP contribution in [0.1, 0.15) is 41.9 Å². The first-order valence-corrected chi connectivity index (χ1v) is 12.2. The summed E-state index contributed by atoms with van der Waals surface area (Å²) in [5.74, 6) is 0.847. The van der Waals surface area contributed by atoms with Crippen molar-refractivity contribution in [3.05, 3.63) is 58.9 Å². The molecule has 0 spiro atoms. The van der Waals surface area contributed by atoms with Crippen molar-refractivity contribution in [1.29, 1.82) is 0 Å². The number of hydrazone groups is 1. The largest absolute Gasteiger partial charge is 0.379 e. The van der Waals surface area contributed by atoms with E-state index in [1.165, 1.54) is 22.5 Å². The van der Waals surface area contributed by atoms with Gasteiger partial charge in [0.05, 0.1) is 25.0 Å². The highest BCUT2D eigenvalue weighted by Crippen LogP contribution is 2.27. The van der Waals surface area contributed by atoms with Crippen molar-refractivity contribution in [2.24, 2.45) is 10.1 Å². The molecule has 1 saturated heterocycles. The zero-order valence-electron chi connectivity index (χ0n) is 18.8. The second-order valence-corrected chi connectivity index (χ2v) is 9.16. The van der Waals surface area contributed by atoms with Gasteiger partial charge >= 0.3 is 0 Å². The molecule has 7 heteroatoms. The molecule has 1 aromatic heterocycles. The highest BCUT2D eigenvalue weighted by atomic mass is 32.2. The van der Waals surface area contributed by atoms with Crippen LogP contribution in [0.4, 0.5) is 0 Å². The minimum Gasteiger partial charge on any atom is -0.379 e. The Bertz CT molecular complexity index is 931. The summed E-state index contributed by atoms with van der Waals surface area (Å²) < 4.78 is 7.81. The van der Waals surface area contributed by atoms with Crippen molar-refractivity contribution in [2.75, 3.05) is 45.1 Å². The number of aromatic nitrogens is 1. The van der Waals surface area contributed by atoms with Gasteiger partial charge in [-0.15, -0.1) is 0 Å². The molecule has 1 unspecified atom stereocenters. The van der Waals surface area contributed by atoms with Crippen LogP contribution in [0.2, 0.25) is 0 Å². The van der Waals surface area contributed by atoms with Crippen LogP contribution < -0.4 is 5.43 Å². The lowest BCUT2D eigenvalue weighted by atomic mass is 10.1. The summed E-state index contributed by atoms with van der Waals surface area (Å²) in [6.45, 7) is 12.4. The summed E-state index contributed by atoms with van der Waals surface area (Å²) in [5.41, 5.74) is 9.35. The molecule has 1 atom stereocenters. The zero-order valence-corrected chi connectivity index (χ0v) is 19.6. The molecular formula is C24H33N5OS. The van der Waals surface area contributed by atoms with E-state index >= 15 is 0 Å². The van der Waals surface area contributed by atoms with Gasteiger partial charge in [0.15, 0.2) is 5.17 Å². The number of thioether (sulfide) groups is 1. The molecule has 4 rings (SSSR count). The highest BCUT2D eigenvalue weighted by Gasteiger charge is 2.21. The molecule has 0 aliphatic carbocycles. The van der Waals surface area contributed by atoms with E-state index in [-0.39, 0.29) is 0 Å². The summed E-state index contributed by atoms with van der Waals surface area (Å²) in [5, 5.41) is 5.60. The molecule has 6 nitrogen and oxygen atoms in total. The Morgan fingerprint density at radius 1 is 1.19 bits per heavy atom. The summed E-state index contributed by atoms with van der Waals surface area (Å²) >= 11 is 1.75. The van der Waals surface area contributed by atoms with Crippen LogP contribution in [0.15, 0.2) is 46.5 Å². The third kappa shape index (κ3) is 5.40. The fraction of sp³-hybridized carbons (Fsp3) is 0.500. The van der Waals surface area contributed by atoms with Gasteiger partial charge in [-0.1, -0.05) is 42.1 Å². The van der Waals surface area contributed by atoms with Gasteiger partial charge in [-0.25, -0.2) is 0 Å². The minimum absolute atomic E-state index is 0.295. The molecule has 0 saturated carbocycles. The second-order valence-electron chi connectivity index (χ2n) is 8.19. The van der Waals surface area contributed by atoms with Crippen LogP contribution in [-0.2, 0) is 4.74 Å². The lowest BCUT2D eigenvalue weighted by Gasteiger charge is -2.26. The minimum atomic E-state index is 0.295. The fourth-order valence-corrected chi connectivity index (χ4v) is 5.17. The number of ether oxygens (including phenoxy) is 1. The van der Waals surface area contributed by atoms with Crippen LogP contribution >= 0.6 is 11.8 Å². The van der Waals surface area contributed by atoms with E-state index in [9.17, 15) is 0 Å². The third-order valence-electron chi connectivity index (χ3n) is 6.09. The number of nitrogens with one attached hydrogen (secondary N) is 1. The summed E-state index contributed by atoms with van der Waals surface area (Å²) in [4.78, 5) is 7.16. The number of aliphatic imine (C=N–C) groups is 1. The van der Waals surface area contributed by atoms with Crippen molar-refractivity contribution < 1.29 is 4.74 Å². The van der Waals surface area contributed by atoms with Crippen molar-refractivity contribution in [3.63, 3.8) is 0 Å². The number of benzene rings is 1. The number of aryl methyl sites for hydroxylation is 1. The molecule has 2 aromatic rings. The quantitative estimate of drug-likeness (QED) is 0.666. The molecule has 1 aromatic carbocycles. The smallest absolute Gasteiger partial charge is 0.177 e. The Morgan fingerprint density at radius 2 is 1.97 bits per heavy atom. The Morgan fingerprint density at radius 3 is 2.68 bits per heavy atom. The number of hydrogen-bond donors (Lipinski definition) is 1. The van der Waals surface area contributed by atoms with Gasteiger partial charge in [0.1, 0.15) is 0 Å². The number of morpholine rings is 1. The first-order valence-electron chi connectivity index (χ1n) is 11.2. The van der Waals surface area contributed by atoms with Crippen LogP contribution in [0.3, 0.4) is 0 Å². The van der Waals surface area contributed by atoms with Gasteiger partial charge in [-0.3, -0.25) is 15.3 Å². The van der Waals surface area contributed by atoms with E-state index in [2.05, 4.69) is 77.2 Å². The molecule has 2 aliphatic rings. The maximum absolute atomic E-state index is 5.40. The van der Waals surface area contributed by atoms with Crippen molar-refractivity contribution in [1.82, 2.24) is 14.9 Å². The van der Waals surface area contributed by atoms with E-state index in [0.717, 1.165) is 62.4 Å². The first-order chi connectivity index (χ1) is 15.1. The molecular weight excluding hydrogens is 406 g/mol. The van der Waals surface area contributed by atoms with E-state index in [0.29, 0.717) is 6.04 Å². The Kier molecular flexibility index (Phi) is 7.48. The maximum atomic E-state index is 5.40. The van der Waals surface area contributed by atoms with Crippen LogP contribution in [0.5, 0.6) is 0 Å². The number of rotatable bonds is 7. The molecule has 0 bridgehead atoms. The number of nitrogens with zero attached hydrogens (tertiary/aromatic N) is 4.